The van der Waals surface area contributed by atoms with Gasteiger partial charge in [0.1, 0.15) is 0 Å². The van der Waals surface area contributed by atoms with Crippen molar-refractivity contribution >= 4 is 17.8 Å². The van der Waals surface area contributed by atoms with E-state index in [1.165, 1.54) is 0 Å². The molecule has 8 heavy (non-hydrogen) atoms. The summed E-state index contributed by atoms with van der Waals surface area (Å²) in [5.74, 6) is 0. The van der Waals surface area contributed by atoms with Gasteiger partial charge in [0.15, 0.2) is 6.07 Å². The Balaban J connectivity index is 3.06. The van der Waals surface area contributed by atoms with E-state index in [0.717, 1.165) is 0 Å². The standard InChI is InChI=1S/C4H6ClO3/c1-2-7-4(6)8-3-5/h1-3H2. The molecule has 0 amide bonds. The van der Waals surface area contributed by atoms with Crippen LogP contribution in [0, 0.1) is 6.92 Å². The van der Waals surface area contributed by atoms with Gasteiger partial charge in [-0.05, 0) is 6.92 Å². The molecule has 0 aliphatic carbocycles. The highest BCUT2D eigenvalue weighted by Crippen LogP contribution is 1.85. The Bertz CT molecular complexity index is 65.7. The third kappa shape index (κ3) is 3.74. The number of ether oxygens (including phenoxy) is 2. The Morgan fingerprint density at radius 3 is 2.62 bits per heavy atom. The van der Waals surface area contributed by atoms with Crippen molar-refractivity contribution in [1.29, 1.82) is 0 Å². The van der Waals surface area contributed by atoms with Gasteiger partial charge in [0.25, 0.3) is 0 Å². The van der Waals surface area contributed by atoms with Gasteiger partial charge in [-0.15, -0.1) is 0 Å². The molecule has 0 atom stereocenters. The van der Waals surface area contributed by atoms with Gasteiger partial charge < -0.3 is 9.47 Å². The third-order valence-corrected chi connectivity index (χ3v) is 0.501. The third-order valence-electron chi connectivity index (χ3n) is 0.392. The highest BCUT2D eigenvalue weighted by Gasteiger charge is 1.97. The average Bonchev–Trinajstić information content (AvgIpc) is 1.68. The Morgan fingerprint density at radius 1 is 1.62 bits per heavy atom. The zero-order valence-electron chi connectivity index (χ0n) is 4.22. The molecule has 3 nitrogen and oxygen atoms in total. The summed E-state index contributed by atoms with van der Waals surface area (Å²) in [7, 11) is 0. The van der Waals surface area contributed by atoms with Crippen LogP contribution in [0.5, 0.6) is 0 Å². The first kappa shape index (κ1) is 7.56. The lowest BCUT2D eigenvalue weighted by atomic mass is 10.9. The second-order valence-electron chi connectivity index (χ2n) is 0.852. The van der Waals surface area contributed by atoms with Crippen LogP contribution in [0.3, 0.4) is 0 Å². The van der Waals surface area contributed by atoms with Crippen molar-refractivity contribution in [2.24, 2.45) is 0 Å². The van der Waals surface area contributed by atoms with Crippen LogP contribution in [0.4, 0.5) is 4.79 Å². The SMILES string of the molecule is [CH2]COC(=O)OCCl. The van der Waals surface area contributed by atoms with Crippen molar-refractivity contribution in [2.75, 3.05) is 12.7 Å². The average molecular weight is 138 g/mol. The molecular weight excluding hydrogens is 131 g/mol. The van der Waals surface area contributed by atoms with Gasteiger partial charge in [0.2, 0.25) is 0 Å². The normalized spacial score (nSPS) is 8.25. The number of alkyl halides is 1. The summed E-state index contributed by atoms with van der Waals surface area (Å²) in [6.07, 6.45) is -0.782. The molecule has 0 N–H and O–H groups in total. The highest BCUT2D eigenvalue weighted by molar-refractivity contribution is 6.17. The van der Waals surface area contributed by atoms with Gasteiger partial charge in [-0.25, -0.2) is 4.79 Å². The largest absolute Gasteiger partial charge is 0.509 e. The van der Waals surface area contributed by atoms with Crippen molar-refractivity contribution in [2.45, 2.75) is 0 Å². The quantitative estimate of drug-likeness (QED) is 0.423. The first-order valence-corrected chi connectivity index (χ1v) is 2.49. The molecule has 47 valence electrons. The molecule has 1 radical (unpaired) electrons. The maximum absolute atomic E-state index is 10.1. The Labute approximate surface area is 52.5 Å². The predicted octanol–water partition coefficient (Wildman–Crippen LogP) is 1.17. The van der Waals surface area contributed by atoms with Gasteiger partial charge >= 0.3 is 6.16 Å². The molecule has 0 aliphatic rings. The summed E-state index contributed by atoms with van der Waals surface area (Å²) in [5.41, 5.74) is 0. The van der Waals surface area contributed by atoms with E-state index in [-0.39, 0.29) is 12.7 Å². The second-order valence-corrected chi connectivity index (χ2v) is 1.07. The van der Waals surface area contributed by atoms with E-state index in [0.29, 0.717) is 0 Å². The van der Waals surface area contributed by atoms with Gasteiger partial charge in [-0.3, -0.25) is 0 Å². The van der Waals surface area contributed by atoms with Crippen LogP contribution in [0.1, 0.15) is 0 Å². The first-order valence-electron chi connectivity index (χ1n) is 1.96. The van der Waals surface area contributed by atoms with Crippen LogP contribution in [0.25, 0.3) is 0 Å². The summed E-state index contributed by atoms with van der Waals surface area (Å²) in [4.78, 5) is 10.1. The monoisotopic (exact) mass is 137 g/mol. The fraction of sp³-hybridized carbons (Fsp3) is 0.500. The minimum absolute atomic E-state index is 0.0652. The van der Waals surface area contributed by atoms with Gasteiger partial charge in [-0.2, -0.15) is 0 Å². The summed E-state index contributed by atoms with van der Waals surface area (Å²) in [5, 5.41) is 0. The molecule has 0 rings (SSSR count). The summed E-state index contributed by atoms with van der Waals surface area (Å²) in [6, 6.07) is -0.182. The van der Waals surface area contributed by atoms with Crippen molar-refractivity contribution in [3.8, 4) is 0 Å². The second kappa shape index (κ2) is 4.71. The van der Waals surface area contributed by atoms with Gasteiger partial charge in [0.05, 0.1) is 6.61 Å². The van der Waals surface area contributed by atoms with Gasteiger partial charge in [0, 0.05) is 0 Å². The minimum atomic E-state index is -0.782. The zero-order chi connectivity index (χ0) is 6.41. The number of hydrogen-bond donors (Lipinski definition) is 0. The number of rotatable bonds is 2. The highest BCUT2D eigenvalue weighted by atomic mass is 35.5. The molecule has 0 heterocycles. The molecule has 0 aromatic heterocycles. The van der Waals surface area contributed by atoms with Crippen molar-refractivity contribution < 1.29 is 14.3 Å². The molecule has 0 aromatic rings. The smallest absolute Gasteiger partial charge is 0.434 e. The zero-order valence-corrected chi connectivity index (χ0v) is 4.98. The van der Waals surface area contributed by atoms with E-state index in [1.54, 1.807) is 0 Å². The summed E-state index contributed by atoms with van der Waals surface area (Å²) >= 11 is 4.99. The van der Waals surface area contributed by atoms with Crippen LogP contribution in [-0.2, 0) is 9.47 Å². The van der Waals surface area contributed by atoms with E-state index < -0.39 is 6.16 Å². The van der Waals surface area contributed by atoms with E-state index >= 15 is 0 Å². The van der Waals surface area contributed by atoms with Crippen molar-refractivity contribution in [3.63, 3.8) is 0 Å². The van der Waals surface area contributed by atoms with E-state index in [4.69, 9.17) is 11.6 Å². The summed E-state index contributed by atoms with van der Waals surface area (Å²) in [6.45, 7) is 3.31. The number of halogens is 1. The van der Waals surface area contributed by atoms with Crippen LogP contribution in [0.2, 0.25) is 0 Å². The van der Waals surface area contributed by atoms with Crippen molar-refractivity contribution in [1.82, 2.24) is 0 Å². The molecule has 0 unspecified atom stereocenters. The molecular formula is C4H6ClO3. The molecule has 0 saturated heterocycles. The number of carbonyl (C=O) groups is 1. The Morgan fingerprint density at radius 2 is 2.25 bits per heavy atom. The van der Waals surface area contributed by atoms with Crippen LogP contribution >= 0.6 is 11.6 Å². The predicted molar refractivity (Wildman–Crippen MR) is 28.5 cm³/mol. The molecule has 4 heteroatoms. The Kier molecular flexibility index (Phi) is 4.45. The fourth-order valence-electron chi connectivity index (χ4n) is 0.170. The maximum Gasteiger partial charge on any atom is 0.509 e. The summed E-state index contributed by atoms with van der Waals surface area (Å²) < 4.78 is 8.37. The lowest BCUT2D eigenvalue weighted by Crippen LogP contribution is -2.04. The Hall–Kier alpha value is -0.440. The van der Waals surface area contributed by atoms with Gasteiger partial charge in [-0.1, -0.05) is 11.6 Å². The molecule has 0 aromatic carbocycles. The molecule has 0 spiro atoms. The molecule has 0 aliphatic heterocycles. The minimum Gasteiger partial charge on any atom is -0.434 e. The van der Waals surface area contributed by atoms with E-state index in [2.05, 4.69) is 16.4 Å². The van der Waals surface area contributed by atoms with Crippen molar-refractivity contribution in [3.05, 3.63) is 6.92 Å². The lowest BCUT2D eigenvalue weighted by molar-refractivity contribution is 0.0761. The van der Waals surface area contributed by atoms with E-state index in [9.17, 15) is 4.79 Å². The number of hydrogen-bond acceptors (Lipinski definition) is 3. The fourth-order valence-corrected chi connectivity index (χ4v) is 0.259. The van der Waals surface area contributed by atoms with Crippen LogP contribution in [0.15, 0.2) is 0 Å². The molecule has 0 saturated carbocycles. The number of carbonyl (C=O) groups excluding carboxylic acids is 1. The first-order chi connectivity index (χ1) is 3.81. The van der Waals surface area contributed by atoms with Crippen LogP contribution < -0.4 is 0 Å². The maximum atomic E-state index is 10.1. The topological polar surface area (TPSA) is 35.5 Å². The lowest BCUT2D eigenvalue weighted by Gasteiger charge is -1.97. The van der Waals surface area contributed by atoms with Crippen LogP contribution in [-0.4, -0.2) is 18.8 Å². The molecule has 0 bridgehead atoms. The molecule has 0 fully saturated rings. The van der Waals surface area contributed by atoms with E-state index in [1.807, 2.05) is 0 Å².